The van der Waals surface area contributed by atoms with Gasteiger partial charge in [-0.15, -0.1) is 0 Å². The third-order valence-corrected chi connectivity index (χ3v) is 2.77. The molecule has 0 aliphatic rings. The molecular weight excluding hydrogens is 374 g/mol. The summed E-state index contributed by atoms with van der Waals surface area (Å²) >= 11 is 5.17. The van der Waals surface area contributed by atoms with Gasteiger partial charge in [-0.3, -0.25) is 4.79 Å². The quantitative estimate of drug-likeness (QED) is 0.526. The van der Waals surface area contributed by atoms with Crippen molar-refractivity contribution in [2.75, 3.05) is 0 Å². The third kappa shape index (κ3) is 3.10. The highest BCUT2D eigenvalue weighted by molar-refractivity contribution is 6.31. The molecule has 0 N–H and O–H groups in total. The van der Waals surface area contributed by atoms with Gasteiger partial charge in [0.05, 0.1) is 0 Å². The number of alkyl halides is 9. The van der Waals surface area contributed by atoms with Crippen LogP contribution in [0.1, 0.15) is 10.4 Å². The minimum Gasteiger partial charge on any atom is -0.287 e. The first-order chi connectivity index (χ1) is 10.1. The third-order valence-electron chi connectivity index (χ3n) is 2.55. The number of rotatable bonds is 4. The topological polar surface area (TPSA) is 17.1 Å². The number of Topliss-reactive ketones (excluding diaryl/α,β-unsaturated/α-hetero) is 1. The largest absolute Gasteiger partial charge is 0.460 e. The molecule has 1 rings (SSSR count). The van der Waals surface area contributed by atoms with E-state index in [0.717, 1.165) is 0 Å². The van der Waals surface area contributed by atoms with Gasteiger partial charge < -0.3 is 0 Å². The molecule has 23 heavy (non-hydrogen) atoms. The SMILES string of the molecule is O=C(c1cc(F)cc(Cl)c1)C(F)(F)C(F)(F)C(F)(F)C(F)(F)F. The van der Waals surface area contributed by atoms with Crippen molar-refractivity contribution in [3.05, 3.63) is 34.6 Å². The van der Waals surface area contributed by atoms with Gasteiger partial charge >= 0.3 is 23.9 Å². The van der Waals surface area contributed by atoms with Gasteiger partial charge in [0, 0.05) is 10.6 Å². The van der Waals surface area contributed by atoms with E-state index in [0.29, 0.717) is 6.07 Å². The molecule has 0 heterocycles. The molecule has 0 aliphatic heterocycles. The van der Waals surface area contributed by atoms with E-state index in [-0.39, 0.29) is 12.1 Å². The Balaban J connectivity index is 3.41. The van der Waals surface area contributed by atoms with Gasteiger partial charge in [-0.1, -0.05) is 11.6 Å². The normalized spacial score (nSPS) is 14.0. The lowest BCUT2D eigenvalue weighted by Crippen LogP contribution is -2.63. The molecule has 0 unspecified atom stereocenters. The second-order valence-electron chi connectivity index (χ2n) is 4.21. The second kappa shape index (κ2) is 5.53. The molecule has 0 aliphatic carbocycles. The first kappa shape index (κ1) is 19.5. The van der Waals surface area contributed by atoms with Gasteiger partial charge in [-0.05, 0) is 18.2 Å². The minimum atomic E-state index is -7.21. The molecule has 1 nitrogen and oxygen atoms in total. The molecule has 0 amide bonds. The van der Waals surface area contributed by atoms with E-state index in [1.54, 1.807) is 0 Å². The summed E-state index contributed by atoms with van der Waals surface area (Å²) in [5, 5.41) is -0.741. The summed E-state index contributed by atoms with van der Waals surface area (Å²) in [6, 6.07) is 0.603. The van der Waals surface area contributed by atoms with Crippen LogP contribution < -0.4 is 0 Å². The number of benzene rings is 1. The Morgan fingerprint density at radius 1 is 0.826 bits per heavy atom. The zero-order chi connectivity index (χ0) is 18.4. The number of ketones is 1. The smallest absolute Gasteiger partial charge is 0.287 e. The molecule has 0 saturated carbocycles. The minimum absolute atomic E-state index is 0.0655. The fourth-order valence-electron chi connectivity index (χ4n) is 1.38. The Morgan fingerprint density at radius 3 is 1.70 bits per heavy atom. The number of hydrogen-bond acceptors (Lipinski definition) is 1. The molecule has 0 atom stereocenters. The second-order valence-corrected chi connectivity index (χ2v) is 4.64. The molecule has 1 aromatic carbocycles. The molecular formula is C11H3ClF10O. The molecule has 1 aromatic rings. The first-order valence-electron chi connectivity index (χ1n) is 5.26. The predicted molar refractivity (Wildman–Crippen MR) is 56.6 cm³/mol. The summed E-state index contributed by atoms with van der Waals surface area (Å²) < 4.78 is 127. The fraction of sp³-hybridized carbons (Fsp3) is 0.364. The van der Waals surface area contributed by atoms with Crippen molar-refractivity contribution >= 4 is 17.4 Å². The average Bonchev–Trinajstić information content (AvgIpc) is 2.34. The lowest BCUT2D eigenvalue weighted by Gasteiger charge is -2.32. The lowest BCUT2D eigenvalue weighted by molar-refractivity contribution is -0.386. The highest BCUT2D eigenvalue weighted by atomic mass is 35.5. The van der Waals surface area contributed by atoms with E-state index in [4.69, 9.17) is 11.6 Å². The summed E-state index contributed by atoms with van der Waals surface area (Å²) in [5.41, 5.74) is -1.60. The highest BCUT2D eigenvalue weighted by Gasteiger charge is 2.83. The molecule has 0 radical (unpaired) electrons. The van der Waals surface area contributed by atoms with Crippen LogP contribution in [0.25, 0.3) is 0 Å². The van der Waals surface area contributed by atoms with E-state index < -0.39 is 46.1 Å². The van der Waals surface area contributed by atoms with Crippen LogP contribution in [-0.2, 0) is 0 Å². The zero-order valence-electron chi connectivity index (χ0n) is 10.3. The predicted octanol–water partition coefficient (Wildman–Crippen LogP) is 5.13. The number of carbonyl (C=O) groups excluding carboxylic acids is 1. The van der Waals surface area contributed by atoms with Crippen LogP contribution in [0.5, 0.6) is 0 Å². The van der Waals surface area contributed by atoms with E-state index >= 15 is 0 Å². The van der Waals surface area contributed by atoms with Crippen LogP contribution in [-0.4, -0.2) is 29.7 Å². The Labute approximate surface area is 125 Å². The van der Waals surface area contributed by atoms with E-state index in [2.05, 4.69) is 0 Å². The van der Waals surface area contributed by atoms with E-state index in [1.807, 2.05) is 0 Å². The van der Waals surface area contributed by atoms with Gasteiger partial charge in [-0.2, -0.15) is 39.5 Å². The Bertz CT molecular complexity index is 601. The van der Waals surface area contributed by atoms with Crippen LogP contribution in [0.4, 0.5) is 43.9 Å². The molecule has 12 heteroatoms. The zero-order valence-corrected chi connectivity index (χ0v) is 11.1. The molecule has 0 fully saturated rings. The van der Waals surface area contributed by atoms with Crippen LogP contribution in [0.2, 0.25) is 5.02 Å². The summed E-state index contributed by atoms with van der Waals surface area (Å²) in [6.07, 6.45) is -7.06. The van der Waals surface area contributed by atoms with Crippen LogP contribution >= 0.6 is 11.6 Å². The van der Waals surface area contributed by atoms with E-state index in [9.17, 15) is 48.7 Å². The maximum absolute atomic E-state index is 13.3. The summed E-state index contributed by atoms with van der Waals surface area (Å²) in [6.45, 7) is 0. The first-order valence-corrected chi connectivity index (χ1v) is 5.64. The van der Waals surface area contributed by atoms with Crippen molar-refractivity contribution in [3.8, 4) is 0 Å². The summed E-state index contributed by atoms with van der Waals surface area (Å²) in [4.78, 5) is 11.2. The Kier molecular flexibility index (Phi) is 4.70. The number of carbonyl (C=O) groups is 1. The average molecular weight is 377 g/mol. The van der Waals surface area contributed by atoms with E-state index in [1.165, 1.54) is 0 Å². The van der Waals surface area contributed by atoms with Crippen LogP contribution in [0.15, 0.2) is 18.2 Å². The maximum atomic E-state index is 13.3. The van der Waals surface area contributed by atoms with Gasteiger partial charge in [0.25, 0.3) is 0 Å². The van der Waals surface area contributed by atoms with Gasteiger partial charge in [-0.25, -0.2) is 4.39 Å². The Morgan fingerprint density at radius 2 is 1.30 bits per heavy atom. The molecule has 0 bridgehead atoms. The molecule has 0 spiro atoms. The van der Waals surface area contributed by atoms with Crippen molar-refractivity contribution in [1.82, 2.24) is 0 Å². The van der Waals surface area contributed by atoms with Gasteiger partial charge in [0.15, 0.2) is 0 Å². The van der Waals surface area contributed by atoms with Gasteiger partial charge in [0.2, 0.25) is 5.78 Å². The van der Waals surface area contributed by atoms with Crippen LogP contribution in [0.3, 0.4) is 0 Å². The maximum Gasteiger partial charge on any atom is 0.460 e. The van der Waals surface area contributed by atoms with Crippen molar-refractivity contribution in [1.29, 1.82) is 0 Å². The highest BCUT2D eigenvalue weighted by Crippen LogP contribution is 2.53. The summed E-state index contributed by atoms with van der Waals surface area (Å²) in [5.74, 6) is -25.4. The molecule has 130 valence electrons. The monoisotopic (exact) mass is 376 g/mol. The van der Waals surface area contributed by atoms with Crippen molar-refractivity contribution in [2.24, 2.45) is 0 Å². The Hall–Kier alpha value is -1.52. The standard InChI is InChI=1S/C11H3ClF10O/c12-5-1-4(2-6(13)3-5)7(23)8(14,15)9(16,17)10(18,19)11(20,21)22/h1-3H. The summed E-state index contributed by atoms with van der Waals surface area (Å²) in [7, 11) is 0. The van der Waals surface area contributed by atoms with Crippen molar-refractivity contribution in [2.45, 2.75) is 23.9 Å². The lowest BCUT2D eigenvalue weighted by atomic mass is 9.95. The van der Waals surface area contributed by atoms with Crippen molar-refractivity contribution < 1.29 is 48.7 Å². The number of halogens is 11. The van der Waals surface area contributed by atoms with Gasteiger partial charge in [0.1, 0.15) is 5.82 Å². The molecule has 0 aromatic heterocycles. The fourth-order valence-corrected chi connectivity index (χ4v) is 1.61. The molecule has 0 saturated heterocycles. The number of hydrogen-bond donors (Lipinski definition) is 0. The van der Waals surface area contributed by atoms with Crippen molar-refractivity contribution in [3.63, 3.8) is 0 Å². The van der Waals surface area contributed by atoms with Crippen LogP contribution in [0, 0.1) is 5.82 Å².